The minimum absolute atomic E-state index is 0.150. The van der Waals surface area contributed by atoms with Crippen LogP contribution < -0.4 is 4.74 Å². The molecule has 5 nitrogen and oxygen atoms in total. The third kappa shape index (κ3) is 3.06. The molecule has 0 fully saturated rings. The number of rotatable bonds is 4. The van der Waals surface area contributed by atoms with Crippen molar-refractivity contribution in [2.45, 2.75) is 19.8 Å². The van der Waals surface area contributed by atoms with E-state index < -0.39 is 0 Å². The molecule has 0 atom stereocenters. The summed E-state index contributed by atoms with van der Waals surface area (Å²) in [7, 11) is 1.60. The van der Waals surface area contributed by atoms with Gasteiger partial charge in [-0.2, -0.15) is 0 Å². The Bertz CT molecular complexity index is 870. The van der Waals surface area contributed by atoms with Crippen molar-refractivity contribution in [2.24, 2.45) is 10.2 Å². The Morgan fingerprint density at radius 2 is 2.00 bits per heavy atom. The predicted molar refractivity (Wildman–Crippen MR) is 86.4 cm³/mol. The highest BCUT2D eigenvalue weighted by atomic mass is 19.1. The van der Waals surface area contributed by atoms with Gasteiger partial charge in [0.2, 0.25) is 0 Å². The third-order valence-corrected chi connectivity index (χ3v) is 3.44. The molecule has 0 N–H and O–H groups in total. The minimum atomic E-state index is -0.344. The predicted octanol–water partition coefficient (Wildman–Crippen LogP) is 5.02. The maximum atomic E-state index is 13.6. The lowest BCUT2D eigenvalue weighted by Crippen LogP contribution is -1.88. The van der Waals surface area contributed by atoms with E-state index in [9.17, 15) is 4.39 Å². The van der Waals surface area contributed by atoms with Crippen molar-refractivity contribution in [1.82, 2.24) is 9.38 Å². The molecule has 0 aliphatic heterocycles. The van der Waals surface area contributed by atoms with E-state index >= 15 is 0 Å². The smallest absolute Gasteiger partial charge is 0.183 e. The maximum absolute atomic E-state index is 13.6. The lowest BCUT2D eigenvalue weighted by molar-refractivity contribution is 0.415. The first kappa shape index (κ1) is 15.1. The van der Waals surface area contributed by atoms with Gasteiger partial charge in [-0.1, -0.05) is 19.9 Å². The number of benzene rings is 1. The first-order valence-electron chi connectivity index (χ1n) is 7.32. The van der Waals surface area contributed by atoms with Crippen LogP contribution in [0.25, 0.3) is 5.65 Å². The summed E-state index contributed by atoms with van der Waals surface area (Å²) in [6.45, 7) is 4.03. The third-order valence-electron chi connectivity index (χ3n) is 3.44. The number of hydrogen-bond acceptors (Lipinski definition) is 4. The van der Waals surface area contributed by atoms with Gasteiger partial charge in [0.1, 0.15) is 17.2 Å². The molecular formula is C17H17FN4O. The topological polar surface area (TPSA) is 51.2 Å². The van der Waals surface area contributed by atoms with Crippen LogP contribution >= 0.6 is 0 Å². The van der Waals surface area contributed by atoms with Crippen LogP contribution in [0, 0.1) is 5.82 Å². The van der Waals surface area contributed by atoms with Crippen molar-refractivity contribution < 1.29 is 9.13 Å². The second-order valence-electron chi connectivity index (χ2n) is 5.45. The lowest BCUT2D eigenvalue weighted by Gasteiger charge is -2.02. The molecule has 2 heterocycles. The number of aromatic nitrogens is 2. The number of nitrogens with zero attached hydrogens (tertiary/aromatic N) is 4. The van der Waals surface area contributed by atoms with E-state index in [4.69, 9.17) is 4.74 Å². The molecule has 0 aliphatic carbocycles. The second-order valence-corrected chi connectivity index (χ2v) is 5.45. The molecule has 0 spiro atoms. The Balaban J connectivity index is 2.08. The zero-order valence-corrected chi connectivity index (χ0v) is 13.2. The van der Waals surface area contributed by atoms with Crippen LogP contribution in [0.2, 0.25) is 0 Å². The van der Waals surface area contributed by atoms with Crippen molar-refractivity contribution in [3.63, 3.8) is 0 Å². The first-order chi connectivity index (χ1) is 11.1. The number of azo groups is 1. The summed E-state index contributed by atoms with van der Waals surface area (Å²) in [5.41, 5.74) is 2.09. The van der Waals surface area contributed by atoms with Crippen LogP contribution in [-0.4, -0.2) is 16.5 Å². The first-order valence-corrected chi connectivity index (χ1v) is 7.32. The van der Waals surface area contributed by atoms with Crippen molar-refractivity contribution >= 4 is 17.2 Å². The molecule has 0 aliphatic rings. The molecule has 23 heavy (non-hydrogen) atoms. The highest BCUT2D eigenvalue weighted by molar-refractivity contribution is 5.53. The summed E-state index contributed by atoms with van der Waals surface area (Å²) >= 11 is 0. The summed E-state index contributed by atoms with van der Waals surface area (Å²) in [5.74, 6) is 1.05. The molecule has 3 rings (SSSR count). The lowest BCUT2D eigenvalue weighted by atomic mass is 10.1. The Kier molecular flexibility index (Phi) is 4.06. The quantitative estimate of drug-likeness (QED) is 0.635. The number of methoxy groups -OCH3 is 1. The van der Waals surface area contributed by atoms with Crippen LogP contribution in [0.15, 0.2) is 52.8 Å². The Morgan fingerprint density at radius 3 is 2.74 bits per heavy atom. The van der Waals surface area contributed by atoms with E-state index in [-0.39, 0.29) is 11.7 Å². The largest absolute Gasteiger partial charge is 0.497 e. The fraction of sp³-hybridized carbons (Fsp3) is 0.235. The molecule has 0 unspecified atom stereocenters. The number of halogens is 1. The summed E-state index contributed by atoms with van der Waals surface area (Å²) in [5, 5.41) is 8.55. The maximum Gasteiger partial charge on any atom is 0.183 e. The summed E-state index contributed by atoms with van der Waals surface area (Å²) in [4.78, 5) is 4.52. The molecule has 0 saturated heterocycles. The van der Waals surface area contributed by atoms with Crippen LogP contribution in [0.4, 0.5) is 15.9 Å². The minimum Gasteiger partial charge on any atom is -0.497 e. The zero-order chi connectivity index (χ0) is 16.4. The molecular weight excluding hydrogens is 295 g/mol. The number of fused-ring (bicyclic) bond motifs is 1. The van der Waals surface area contributed by atoms with Gasteiger partial charge in [0.05, 0.1) is 18.5 Å². The summed E-state index contributed by atoms with van der Waals surface area (Å²) in [6.07, 6.45) is 1.37. The average Bonchev–Trinajstić information content (AvgIpc) is 2.91. The normalized spacial score (nSPS) is 11.7. The molecule has 0 amide bonds. The van der Waals surface area contributed by atoms with Crippen molar-refractivity contribution in [1.29, 1.82) is 0 Å². The van der Waals surface area contributed by atoms with Gasteiger partial charge >= 0.3 is 0 Å². The molecule has 118 valence electrons. The van der Waals surface area contributed by atoms with Gasteiger partial charge < -0.3 is 4.74 Å². The molecule has 1 aromatic carbocycles. The molecule has 0 saturated carbocycles. The van der Waals surface area contributed by atoms with Gasteiger partial charge in [-0.25, -0.2) is 9.37 Å². The second kappa shape index (κ2) is 6.16. The van der Waals surface area contributed by atoms with Gasteiger partial charge in [-0.05, 0) is 30.2 Å². The Morgan fingerprint density at radius 1 is 1.17 bits per heavy atom. The van der Waals surface area contributed by atoms with Crippen molar-refractivity contribution in [3.05, 3.63) is 54.1 Å². The van der Waals surface area contributed by atoms with E-state index in [2.05, 4.69) is 15.2 Å². The average molecular weight is 312 g/mol. The van der Waals surface area contributed by atoms with E-state index in [1.165, 1.54) is 12.3 Å². The number of pyridine rings is 1. The fourth-order valence-electron chi connectivity index (χ4n) is 2.29. The SMILES string of the molecule is COc1cccc(N=Nc2c(C(C)C)nc3ccc(F)cn23)c1. The molecule has 2 aromatic heterocycles. The Hall–Kier alpha value is -2.76. The van der Waals surface area contributed by atoms with Crippen LogP contribution in [0.3, 0.4) is 0 Å². The number of hydrogen-bond donors (Lipinski definition) is 0. The van der Waals surface area contributed by atoms with Crippen molar-refractivity contribution in [3.8, 4) is 5.75 Å². The summed E-state index contributed by atoms with van der Waals surface area (Å²) in [6, 6.07) is 10.3. The monoisotopic (exact) mass is 312 g/mol. The van der Waals surface area contributed by atoms with Crippen LogP contribution in [0.1, 0.15) is 25.5 Å². The van der Waals surface area contributed by atoms with Gasteiger partial charge in [0.25, 0.3) is 0 Å². The zero-order valence-electron chi connectivity index (χ0n) is 13.2. The van der Waals surface area contributed by atoms with E-state index in [1.807, 2.05) is 32.0 Å². The standard InChI is InChI=1S/C17H17FN4O/c1-11(2)16-17(22-10-12(18)7-8-15(22)19-16)21-20-13-5-4-6-14(9-13)23-3/h4-11H,1-3H3. The van der Waals surface area contributed by atoms with E-state index in [1.54, 1.807) is 23.6 Å². The molecule has 0 bridgehead atoms. The molecule has 6 heteroatoms. The molecule has 0 radical (unpaired) electrons. The number of ether oxygens (including phenoxy) is 1. The van der Waals surface area contributed by atoms with Gasteiger partial charge in [0.15, 0.2) is 5.82 Å². The Labute approximate surface area is 133 Å². The van der Waals surface area contributed by atoms with Gasteiger partial charge in [-0.3, -0.25) is 4.40 Å². The number of imidazole rings is 1. The van der Waals surface area contributed by atoms with Gasteiger partial charge in [0, 0.05) is 12.3 Å². The van der Waals surface area contributed by atoms with E-state index in [0.29, 0.717) is 22.9 Å². The fourth-order valence-corrected chi connectivity index (χ4v) is 2.29. The van der Waals surface area contributed by atoms with Crippen LogP contribution in [0.5, 0.6) is 5.75 Å². The highest BCUT2D eigenvalue weighted by Crippen LogP contribution is 2.30. The van der Waals surface area contributed by atoms with Crippen molar-refractivity contribution in [2.75, 3.05) is 7.11 Å². The molecule has 3 aromatic rings. The van der Waals surface area contributed by atoms with Gasteiger partial charge in [-0.15, -0.1) is 10.2 Å². The van der Waals surface area contributed by atoms with Crippen LogP contribution in [-0.2, 0) is 0 Å². The highest BCUT2D eigenvalue weighted by Gasteiger charge is 2.15. The van der Waals surface area contributed by atoms with E-state index in [0.717, 1.165) is 5.69 Å². The summed E-state index contributed by atoms with van der Waals surface area (Å²) < 4.78 is 20.3.